The van der Waals surface area contributed by atoms with Crippen LogP contribution < -0.4 is 15.8 Å². The Labute approximate surface area is 124 Å². The molecule has 1 aromatic carbocycles. The third-order valence-corrected chi connectivity index (χ3v) is 3.35. The third kappa shape index (κ3) is 6.74. The van der Waals surface area contributed by atoms with Gasteiger partial charge < -0.3 is 15.8 Å². The Bertz CT molecular complexity index is 552. The topological polar surface area (TPSA) is 93.4 Å². The second-order valence-electron chi connectivity index (χ2n) is 4.80. The molecule has 0 aliphatic carbocycles. The zero-order chi connectivity index (χ0) is 15.9. The van der Waals surface area contributed by atoms with E-state index in [1.54, 1.807) is 13.2 Å². The van der Waals surface area contributed by atoms with Gasteiger partial charge in [0.1, 0.15) is 5.82 Å². The second kappa shape index (κ2) is 8.16. The van der Waals surface area contributed by atoms with Gasteiger partial charge in [-0.25, -0.2) is 12.8 Å². The number of rotatable bonds is 9. The summed E-state index contributed by atoms with van der Waals surface area (Å²) in [4.78, 5) is 0. The summed E-state index contributed by atoms with van der Waals surface area (Å²) in [5.74, 6) is -0.628. The van der Waals surface area contributed by atoms with Crippen molar-refractivity contribution in [2.75, 3.05) is 36.6 Å². The minimum Gasteiger partial charge on any atom is -0.383 e. The van der Waals surface area contributed by atoms with Crippen LogP contribution in [-0.2, 0) is 14.8 Å². The molecule has 0 spiro atoms. The molecule has 0 radical (unpaired) electrons. The first-order valence-electron chi connectivity index (χ1n) is 6.58. The Morgan fingerprint density at radius 1 is 1.43 bits per heavy atom. The first-order valence-corrected chi connectivity index (χ1v) is 8.47. The van der Waals surface area contributed by atoms with Crippen LogP contribution in [0.25, 0.3) is 0 Å². The van der Waals surface area contributed by atoms with E-state index in [4.69, 9.17) is 10.5 Å². The van der Waals surface area contributed by atoms with Crippen molar-refractivity contribution < 1.29 is 17.5 Å². The predicted octanol–water partition coefficient (Wildman–Crippen LogP) is 1.36. The lowest BCUT2D eigenvalue weighted by Crippen LogP contribution is -2.26. The van der Waals surface area contributed by atoms with Crippen LogP contribution in [0.15, 0.2) is 18.2 Å². The summed E-state index contributed by atoms with van der Waals surface area (Å²) >= 11 is 0. The Morgan fingerprint density at radius 3 is 2.71 bits per heavy atom. The summed E-state index contributed by atoms with van der Waals surface area (Å²) in [6.45, 7) is 1.05. The van der Waals surface area contributed by atoms with Gasteiger partial charge in [0.05, 0.1) is 18.6 Å². The second-order valence-corrected chi connectivity index (χ2v) is 6.54. The first-order chi connectivity index (χ1) is 9.85. The molecule has 1 atom stereocenters. The summed E-state index contributed by atoms with van der Waals surface area (Å²) in [6.07, 6.45) is 2.61. The molecular weight excluding hydrogens is 297 g/mol. The largest absolute Gasteiger partial charge is 0.383 e. The first kappa shape index (κ1) is 17.7. The third-order valence-electron chi connectivity index (χ3n) is 2.76. The fraction of sp³-hybridized carbons (Fsp3) is 0.538. The molecule has 0 fully saturated rings. The maximum Gasteiger partial charge on any atom is 0.229 e. The minimum atomic E-state index is -3.53. The van der Waals surface area contributed by atoms with Crippen molar-refractivity contribution in [3.63, 3.8) is 0 Å². The molecule has 0 saturated carbocycles. The smallest absolute Gasteiger partial charge is 0.229 e. The number of anilines is 2. The molecule has 6 nitrogen and oxygen atoms in total. The van der Waals surface area contributed by atoms with Crippen LogP contribution in [0, 0.1) is 5.82 Å². The normalized spacial score (nSPS) is 13.0. The average molecular weight is 319 g/mol. The van der Waals surface area contributed by atoms with E-state index in [-0.39, 0.29) is 11.7 Å². The number of hydrogen-bond donors (Lipinski definition) is 3. The van der Waals surface area contributed by atoms with Crippen LogP contribution in [0.4, 0.5) is 15.8 Å². The lowest BCUT2D eigenvalue weighted by atomic mass is 10.1. The van der Waals surface area contributed by atoms with Crippen LogP contribution in [-0.4, -0.2) is 41.0 Å². The zero-order valence-electron chi connectivity index (χ0n) is 12.2. The number of halogens is 1. The molecule has 0 bridgehead atoms. The van der Waals surface area contributed by atoms with Crippen molar-refractivity contribution in [1.82, 2.24) is 0 Å². The van der Waals surface area contributed by atoms with Gasteiger partial charge in [0, 0.05) is 18.8 Å². The Morgan fingerprint density at radius 2 is 2.14 bits per heavy atom. The van der Waals surface area contributed by atoms with E-state index in [1.807, 2.05) is 0 Å². The highest BCUT2D eigenvalue weighted by Gasteiger charge is 2.12. The van der Waals surface area contributed by atoms with Gasteiger partial charge in [-0.1, -0.05) is 0 Å². The van der Waals surface area contributed by atoms with Crippen LogP contribution in [0.5, 0.6) is 0 Å². The van der Waals surface area contributed by atoms with E-state index < -0.39 is 15.8 Å². The summed E-state index contributed by atoms with van der Waals surface area (Å²) in [7, 11) is -1.93. The summed E-state index contributed by atoms with van der Waals surface area (Å²) in [5, 5.41) is 3.19. The minimum absolute atomic E-state index is 0.0232. The van der Waals surface area contributed by atoms with Crippen molar-refractivity contribution in [2.24, 2.45) is 5.73 Å². The standard InChI is InChI=1S/C13H22FN3O3S/c1-20-9-11(4-3-7-15)16-10-5-6-12(14)13(8-10)17-21(2,18)19/h5-6,8,11,16-17H,3-4,7,9,15H2,1-2H3. The van der Waals surface area contributed by atoms with Crippen molar-refractivity contribution in [3.05, 3.63) is 24.0 Å². The quantitative estimate of drug-likeness (QED) is 0.639. The van der Waals surface area contributed by atoms with Gasteiger partial charge in [0.25, 0.3) is 0 Å². The highest BCUT2D eigenvalue weighted by Crippen LogP contribution is 2.21. The van der Waals surface area contributed by atoms with Crippen molar-refractivity contribution in [3.8, 4) is 0 Å². The lowest BCUT2D eigenvalue weighted by molar-refractivity contribution is 0.182. The molecule has 0 amide bonds. The highest BCUT2D eigenvalue weighted by molar-refractivity contribution is 7.92. The molecule has 120 valence electrons. The van der Waals surface area contributed by atoms with Gasteiger partial charge in [-0.3, -0.25) is 4.72 Å². The van der Waals surface area contributed by atoms with E-state index in [9.17, 15) is 12.8 Å². The molecular formula is C13H22FN3O3S. The fourth-order valence-corrected chi connectivity index (χ4v) is 2.45. The molecule has 0 aromatic heterocycles. The molecule has 8 heteroatoms. The van der Waals surface area contributed by atoms with Crippen molar-refractivity contribution >= 4 is 21.4 Å². The van der Waals surface area contributed by atoms with E-state index in [0.717, 1.165) is 19.1 Å². The van der Waals surface area contributed by atoms with Gasteiger partial charge >= 0.3 is 0 Å². The van der Waals surface area contributed by atoms with Crippen molar-refractivity contribution in [1.29, 1.82) is 0 Å². The lowest BCUT2D eigenvalue weighted by Gasteiger charge is -2.19. The zero-order valence-corrected chi connectivity index (χ0v) is 13.0. The molecule has 0 aliphatic heterocycles. The molecule has 4 N–H and O–H groups in total. The monoisotopic (exact) mass is 319 g/mol. The van der Waals surface area contributed by atoms with Gasteiger partial charge in [-0.2, -0.15) is 0 Å². The number of nitrogens with one attached hydrogen (secondary N) is 2. The van der Waals surface area contributed by atoms with E-state index in [1.165, 1.54) is 12.1 Å². The Balaban J connectivity index is 2.84. The molecule has 1 aromatic rings. The predicted molar refractivity (Wildman–Crippen MR) is 82.4 cm³/mol. The summed E-state index contributed by atoms with van der Waals surface area (Å²) < 4.78 is 43.3. The number of hydrogen-bond acceptors (Lipinski definition) is 5. The SMILES string of the molecule is COCC(CCCN)Nc1ccc(F)c(NS(C)(=O)=O)c1. The number of benzene rings is 1. The molecule has 1 rings (SSSR count). The van der Waals surface area contributed by atoms with Gasteiger partial charge in [-0.05, 0) is 37.6 Å². The average Bonchev–Trinajstić information content (AvgIpc) is 2.38. The molecule has 0 heterocycles. The number of methoxy groups -OCH3 is 1. The van der Waals surface area contributed by atoms with Gasteiger partial charge in [0.15, 0.2) is 0 Å². The Hall–Kier alpha value is -1.38. The van der Waals surface area contributed by atoms with Crippen LogP contribution >= 0.6 is 0 Å². The molecule has 1 unspecified atom stereocenters. The Kier molecular flexibility index (Phi) is 6.86. The molecule has 0 saturated heterocycles. The van der Waals surface area contributed by atoms with Crippen LogP contribution in [0.1, 0.15) is 12.8 Å². The number of nitrogens with two attached hydrogens (primary N) is 1. The number of sulfonamides is 1. The summed E-state index contributed by atoms with van der Waals surface area (Å²) in [5.41, 5.74) is 6.01. The fourth-order valence-electron chi connectivity index (χ4n) is 1.89. The van der Waals surface area contributed by atoms with Gasteiger partial charge in [0.2, 0.25) is 10.0 Å². The molecule has 21 heavy (non-hydrogen) atoms. The summed E-state index contributed by atoms with van der Waals surface area (Å²) in [6, 6.07) is 4.20. The van der Waals surface area contributed by atoms with E-state index in [0.29, 0.717) is 18.8 Å². The highest BCUT2D eigenvalue weighted by atomic mass is 32.2. The maximum absolute atomic E-state index is 13.6. The van der Waals surface area contributed by atoms with E-state index >= 15 is 0 Å². The van der Waals surface area contributed by atoms with Crippen LogP contribution in [0.2, 0.25) is 0 Å². The number of ether oxygens (including phenoxy) is 1. The van der Waals surface area contributed by atoms with Crippen molar-refractivity contribution in [2.45, 2.75) is 18.9 Å². The van der Waals surface area contributed by atoms with Crippen LogP contribution in [0.3, 0.4) is 0 Å². The van der Waals surface area contributed by atoms with Gasteiger partial charge in [-0.15, -0.1) is 0 Å². The molecule has 0 aliphatic rings. The maximum atomic E-state index is 13.6. The van der Waals surface area contributed by atoms with E-state index in [2.05, 4.69) is 10.0 Å².